The lowest BCUT2D eigenvalue weighted by Crippen LogP contribution is -2.34. The molecule has 0 fully saturated rings. The van der Waals surface area contributed by atoms with Crippen molar-refractivity contribution in [1.29, 1.82) is 0 Å². The number of halogens is 3. The molecule has 2 heterocycles. The van der Waals surface area contributed by atoms with Crippen LogP contribution in [0, 0.1) is 5.82 Å². The summed E-state index contributed by atoms with van der Waals surface area (Å²) in [6.45, 7) is 3.63. The first-order valence-corrected chi connectivity index (χ1v) is 15.6. The third-order valence-corrected chi connectivity index (χ3v) is 8.44. The van der Waals surface area contributed by atoms with Gasteiger partial charge in [0.05, 0.1) is 12.1 Å². The van der Waals surface area contributed by atoms with E-state index in [9.17, 15) is 23.1 Å². The van der Waals surface area contributed by atoms with Crippen LogP contribution in [0.1, 0.15) is 75.2 Å². The van der Waals surface area contributed by atoms with Crippen LogP contribution < -0.4 is 5.73 Å². The van der Waals surface area contributed by atoms with E-state index in [-0.39, 0.29) is 16.9 Å². The van der Waals surface area contributed by atoms with Gasteiger partial charge in [-0.15, -0.1) is 23.1 Å². The monoisotopic (exact) mass is 582 g/mol. The van der Waals surface area contributed by atoms with Crippen molar-refractivity contribution >= 4 is 29.1 Å². The SMILES string of the molecule is CCCCCCCCCCN.O=C(O)C1=CC=CN(Cc2cccs2)C1SCCC(F)(F)c1ccc(F)cc1. The Kier molecular flexibility index (Phi) is 15.4. The number of alkyl halides is 2. The molecule has 1 atom stereocenters. The lowest BCUT2D eigenvalue weighted by atomic mass is 10.1. The zero-order chi connectivity index (χ0) is 28.5. The van der Waals surface area contributed by atoms with Crippen molar-refractivity contribution in [3.8, 4) is 0 Å². The number of hydrogen-bond acceptors (Lipinski definition) is 5. The minimum Gasteiger partial charge on any atom is -0.478 e. The number of thiophene rings is 1. The molecule has 0 aliphatic carbocycles. The summed E-state index contributed by atoms with van der Waals surface area (Å²) < 4.78 is 41.8. The van der Waals surface area contributed by atoms with Crippen LogP contribution in [0.3, 0.4) is 0 Å². The minimum absolute atomic E-state index is 0.0500. The Labute approximate surface area is 239 Å². The zero-order valence-electron chi connectivity index (χ0n) is 22.7. The quantitative estimate of drug-likeness (QED) is 0.194. The predicted molar refractivity (Wildman–Crippen MR) is 158 cm³/mol. The Morgan fingerprint density at radius 2 is 1.74 bits per heavy atom. The van der Waals surface area contributed by atoms with E-state index < -0.39 is 29.5 Å². The summed E-state index contributed by atoms with van der Waals surface area (Å²) >= 11 is 2.72. The highest BCUT2D eigenvalue weighted by atomic mass is 32.2. The molecule has 1 aromatic carbocycles. The number of rotatable bonds is 16. The summed E-state index contributed by atoms with van der Waals surface area (Å²) in [6, 6.07) is 8.03. The predicted octanol–water partition coefficient (Wildman–Crippen LogP) is 8.55. The molecule has 4 nitrogen and oxygen atoms in total. The fraction of sp³-hybridized carbons (Fsp3) is 0.500. The topological polar surface area (TPSA) is 66.6 Å². The van der Waals surface area contributed by atoms with Crippen LogP contribution in [-0.2, 0) is 17.3 Å². The molecule has 3 rings (SSSR count). The van der Waals surface area contributed by atoms with E-state index in [1.165, 1.54) is 57.4 Å². The maximum atomic E-state index is 14.4. The normalized spacial score (nSPS) is 15.1. The fourth-order valence-electron chi connectivity index (χ4n) is 4.09. The fourth-order valence-corrected chi connectivity index (χ4v) is 6.10. The Bertz CT molecular complexity index is 1000. The summed E-state index contributed by atoms with van der Waals surface area (Å²) in [4.78, 5) is 14.5. The number of carboxylic acid groups (broad SMARTS) is 1. The highest BCUT2D eigenvalue weighted by Gasteiger charge is 2.33. The Hall–Kier alpha value is -2.23. The van der Waals surface area contributed by atoms with Crippen molar-refractivity contribution in [2.75, 3.05) is 12.3 Å². The third-order valence-electron chi connectivity index (χ3n) is 6.30. The molecule has 1 aromatic heterocycles. The first-order chi connectivity index (χ1) is 18.8. The third kappa shape index (κ3) is 12.2. The number of benzene rings is 1. The molecule has 1 unspecified atom stereocenters. The second-order valence-electron chi connectivity index (χ2n) is 9.47. The van der Waals surface area contributed by atoms with E-state index in [1.54, 1.807) is 23.6 Å². The van der Waals surface area contributed by atoms with Gasteiger partial charge in [-0.2, -0.15) is 0 Å². The molecule has 0 radical (unpaired) electrons. The lowest BCUT2D eigenvalue weighted by molar-refractivity contribution is -0.133. The van der Waals surface area contributed by atoms with Gasteiger partial charge in [0.2, 0.25) is 0 Å². The van der Waals surface area contributed by atoms with Crippen LogP contribution in [0.15, 0.2) is 65.7 Å². The molecule has 216 valence electrons. The van der Waals surface area contributed by atoms with E-state index >= 15 is 0 Å². The van der Waals surface area contributed by atoms with Crippen LogP contribution in [0.4, 0.5) is 13.2 Å². The first kappa shape index (κ1) is 33.0. The van der Waals surface area contributed by atoms with Crippen molar-refractivity contribution in [3.63, 3.8) is 0 Å². The van der Waals surface area contributed by atoms with Gasteiger partial charge in [-0.1, -0.05) is 70.1 Å². The van der Waals surface area contributed by atoms with Crippen LogP contribution in [0.5, 0.6) is 0 Å². The van der Waals surface area contributed by atoms with Gasteiger partial charge in [0.25, 0.3) is 5.92 Å². The molecule has 0 saturated carbocycles. The molecular weight excluding hydrogens is 541 g/mol. The van der Waals surface area contributed by atoms with E-state index in [2.05, 4.69) is 6.92 Å². The van der Waals surface area contributed by atoms with Crippen LogP contribution in [0.2, 0.25) is 0 Å². The minimum atomic E-state index is -3.11. The van der Waals surface area contributed by atoms with Gasteiger partial charge in [0.1, 0.15) is 11.2 Å². The average Bonchev–Trinajstić information content (AvgIpc) is 3.42. The molecule has 0 bridgehead atoms. The maximum absolute atomic E-state index is 14.4. The van der Waals surface area contributed by atoms with Crippen molar-refractivity contribution in [2.24, 2.45) is 5.73 Å². The number of hydrogen-bond donors (Lipinski definition) is 2. The van der Waals surface area contributed by atoms with Crippen LogP contribution >= 0.6 is 23.1 Å². The zero-order valence-corrected chi connectivity index (χ0v) is 24.3. The second kappa shape index (κ2) is 18.2. The maximum Gasteiger partial charge on any atom is 0.334 e. The molecule has 39 heavy (non-hydrogen) atoms. The number of carbonyl (C=O) groups is 1. The van der Waals surface area contributed by atoms with E-state index in [0.29, 0.717) is 6.54 Å². The molecule has 1 aliphatic heterocycles. The first-order valence-electron chi connectivity index (χ1n) is 13.6. The summed E-state index contributed by atoms with van der Waals surface area (Å²) in [5.41, 5.74) is 5.30. The van der Waals surface area contributed by atoms with Crippen molar-refractivity contribution < 1.29 is 23.1 Å². The average molecular weight is 583 g/mol. The Balaban J connectivity index is 0.000000411. The molecule has 0 amide bonds. The second-order valence-corrected chi connectivity index (χ2v) is 11.7. The van der Waals surface area contributed by atoms with Gasteiger partial charge in [0, 0.05) is 28.8 Å². The van der Waals surface area contributed by atoms with E-state index in [0.717, 1.165) is 47.4 Å². The summed E-state index contributed by atoms with van der Waals surface area (Å²) in [7, 11) is 0. The number of carboxylic acids is 1. The van der Waals surface area contributed by atoms with Gasteiger partial charge < -0.3 is 15.7 Å². The molecule has 2 aromatic rings. The number of aliphatic carboxylic acids is 1. The smallest absolute Gasteiger partial charge is 0.334 e. The molecule has 9 heteroatoms. The molecular formula is C30H41F3N2O2S2. The largest absolute Gasteiger partial charge is 0.478 e. The van der Waals surface area contributed by atoms with Crippen LogP contribution in [0.25, 0.3) is 0 Å². The summed E-state index contributed by atoms with van der Waals surface area (Å²) in [6.07, 6.45) is 15.4. The number of thioether (sulfide) groups is 1. The molecule has 0 spiro atoms. The summed E-state index contributed by atoms with van der Waals surface area (Å²) in [5.74, 6) is -4.70. The highest BCUT2D eigenvalue weighted by molar-refractivity contribution is 8.00. The number of nitrogens with two attached hydrogens (primary N) is 1. The molecule has 3 N–H and O–H groups in total. The lowest BCUT2D eigenvalue weighted by Gasteiger charge is -2.32. The number of nitrogens with zero attached hydrogens (tertiary/aromatic N) is 1. The summed E-state index contributed by atoms with van der Waals surface area (Å²) in [5, 5.41) is 10.9. The number of allylic oxidation sites excluding steroid dienone is 2. The van der Waals surface area contributed by atoms with Gasteiger partial charge >= 0.3 is 5.97 Å². The van der Waals surface area contributed by atoms with Gasteiger partial charge in [0.15, 0.2) is 0 Å². The van der Waals surface area contributed by atoms with E-state index in [4.69, 9.17) is 5.73 Å². The highest BCUT2D eigenvalue weighted by Crippen LogP contribution is 2.36. The van der Waals surface area contributed by atoms with Crippen molar-refractivity contribution in [3.05, 3.63) is 82.0 Å². The standard InChI is InChI=1S/C20H18F3NO2S2.C10H23N/c21-15-7-5-14(6-8-15)20(22,23)9-12-28-18-17(19(25)26)4-1-10-24(18)13-16-3-2-11-27-16;1-2-3-4-5-6-7-8-9-10-11/h1-8,10-11,18H,9,12-13H2,(H,25,26);2-11H2,1H3. The van der Waals surface area contributed by atoms with E-state index in [1.807, 2.05) is 22.4 Å². The van der Waals surface area contributed by atoms with Gasteiger partial charge in [-0.05, 0) is 48.7 Å². The van der Waals surface area contributed by atoms with Crippen molar-refractivity contribution in [2.45, 2.75) is 82.6 Å². The Morgan fingerprint density at radius 3 is 2.33 bits per heavy atom. The Morgan fingerprint density at radius 1 is 1.08 bits per heavy atom. The number of unbranched alkanes of at least 4 members (excludes halogenated alkanes) is 7. The van der Waals surface area contributed by atoms with Crippen LogP contribution in [-0.4, -0.2) is 33.6 Å². The molecule has 1 aliphatic rings. The molecule has 0 saturated heterocycles. The van der Waals surface area contributed by atoms with Gasteiger partial charge in [-0.3, -0.25) is 0 Å². The van der Waals surface area contributed by atoms with Gasteiger partial charge in [-0.25, -0.2) is 18.0 Å². The van der Waals surface area contributed by atoms with Crippen molar-refractivity contribution in [1.82, 2.24) is 4.90 Å².